The summed E-state index contributed by atoms with van der Waals surface area (Å²) >= 11 is 0. The SMILES string of the molecule is O=C(Nc1ccc(-c2ncc[nH]2)cc1)C1CCCC1O. The number of amides is 1. The molecule has 3 rings (SSSR count). The van der Waals surface area contributed by atoms with Crippen molar-refractivity contribution in [3.05, 3.63) is 36.7 Å². The second-order valence-corrected chi connectivity index (χ2v) is 5.11. The van der Waals surface area contributed by atoms with Gasteiger partial charge in [0.15, 0.2) is 0 Å². The van der Waals surface area contributed by atoms with E-state index in [1.165, 1.54) is 0 Å². The van der Waals surface area contributed by atoms with E-state index in [2.05, 4.69) is 15.3 Å². The summed E-state index contributed by atoms with van der Waals surface area (Å²) < 4.78 is 0. The maximum absolute atomic E-state index is 12.0. The Kier molecular flexibility index (Phi) is 3.52. The molecule has 0 radical (unpaired) electrons. The van der Waals surface area contributed by atoms with Gasteiger partial charge < -0.3 is 15.4 Å². The van der Waals surface area contributed by atoms with Crippen molar-refractivity contribution in [3.63, 3.8) is 0 Å². The van der Waals surface area contributed by atoms with Crippen molar-refractivity contribution in [1.82, 2.24) is 9.97 Å². The third kappa shape index (κ3) is 2.58. The zero-order valence-corrected chi connectivity index (χ0v) is 11.0. The van der Waals surface area contributed by atoms with E-state index >= 15 is 0 Å². The zero-order chi connectivity index (χ0) is 13.9. The minimum atomic E-state index is -0.502. The molecule has 2 atom stereocenters. The largest absolute Gasteiger partial charge is 0.392 e. The van der Waals surface area contributed by atoms with Crippen LogP contribution < -0.4 is 5.32 Å². The molecule has 2 aromatic rings. The minimum Gasteiger partial charge on any atom is -0.392 e. The van der Waals surface area contributed by atoms with Gasteiger partial charge in [0.25, 0.3) is 0 Å². The van der Waals surface area contributed by atoms with Gasteiger partial charge in [-0.2, -0.15) is 0 Å². The first-order chi connectivity index (χ1) is 9.74. The van der Waals surface area contributed by atoms with Crippen LogP contribution >= 0.6 is 0 Å². The molecule has 1 heterocycles. The van der Waals surface area contributed by atoms with Crippen LogP contribution in [0.25, 0.3) is 11.4 Å². The van der Waals surface area contributed by atoms with Crippen LogP contribution in [0.3, 0.4) is 0 Å². The van der Waals surface area contributed by atoms with Crippen molar-refractivity contribution in [2.24, 2.45) is 5.92 Å². The van der Waals surface area contributed by atoms with Crippen LogP contribution in [-0.2, 0) is 4.79 Å². The van der Waals surface area contributed by atoms with Gasteiger partial charge in [-0.15, -0.1) is 0 Å². The number of carbonyl (C=O) groups is 1. The average molecular weight is 271 g/mol. The van der Waals surface area contributed by atoms with Crippen molar-refractivity contribution >= 4 is 11.6 Å². The number of imidazole rings is 1. The molecule has 104 valence electrons. The van der Waals surface area contributed by atoms with Gasteiger partial charge in [-0.1, -0.05) is 0 Å². The lowest BCUT2D eigenvalue weighted by atomic mass is 10.1. The van der Waals surface area contributed by atoms with Crippen molar-refractivity contribution in [2.45, 2.75) is 25.4 Å². The lowest BCUT2D eigenvalue weighted by Crippen LogP contribution is -2.28. The second-order valence-electron chi connectivity index (χ2n) is 5.11. The molecule has 1 aromatic carbocycles. The normalized spacial score (nSPS) is 21.9. The molecule has 5 heteroatoms. The first-order valence-corrected chi connectivity index (χ1v) is 6.83. The number of hydrogen-bond donors (Lipinski definition) is 3. The van der Waals surface area contributed by atoms with Crippen molar-refractivity contribution in [3.8, 4) is 11.4 Å². The Hall–Kier alpha value is -2.14. The first-order valence-electron chi connectivity index (χ1n) is 6.83. The van der Waals surface area contributed by atoms with Gasteiger partial charge >= 0.3 is 0 Å². The van der Waals surface area contributed by atoms with E-state index in [0.29, 0.717) is 0 Å². The van der Waals surface area contributed by atoms with E-state index in [1.807, 2.05) is 24.3 Å². The summed E-state index contributed by atoms with van der Waals surface area (Å²) in [6.45, 7) is 0. The highest BCUT2D eigenvalue weighted by molar-refractivity contribution is 5.93. The summed E-state index contributed by atoms with van der Waals surface area (Å²) in [4.78, 5) is 19.3. The summed E-state index contributed by atoms with van der Waals surface area (Å²) in [5.74, 6) is 0.426. The van der Waals surface area contributed by atoms with E-state index in [9.17, 15) is 9.90 Å². The smallest absolute Gasteiger partial charge is 0.230 e. The lowest BCUT2D eigenvalue weighted by Gasteiger charge is -2.14. The Morgan fingerprint density at radius 1 is 1.30 bits per heavy atom. The number of nitrogens with one attached hydrogen (secondary N) is 2. The van der Waals surface area contributed by atoms with Gasteiger partial charge in [-0.3, -0.25) is 4.79 Å². The van der Waals surface area contributed by atoms with Crippen LogP contribution in [0.4, 0.5) is 5.69 Å². The van der Waals surface area contributed by atoms with E-state index in [0.717, 1.165) is 36.3 Å². The van der Waals surface area contributed by atoms with Crippen LogP contribution in [-0.4, -0.2) is 27.1 Å². The average Bonchev–Trinajstić information content (AvgIpc) is 3.10. The van der Waals surface area contributed by atoms with E-state index in [1.54, 1.807) is 12.4 Å². The number of H-pyrrole nitrogens is 1. The van der Waals surface area contributed by atoms with E-state index < -0.39 is 6.10 Å². The molecule has 5 nitrogen and oxygen atoms in total. The van der Waals surface area contributed by atoms with Crippen LogP contribution in [0.5, 0.6) is 0 Å². The first kappa shape index (κ1) is 12.9. The second kappa shape index (κ2) is 5.46. The molecule has 1 amide bonds. The van der Waals surface area contributed by atoms with Crippen molar-refractivity contribution in [2.75, 3.05) is 5.32 Å². The maximum atomic E-state index is 12.0. The summed E-state index contributed by atoms with van der Waals surface area (Å²) in [6.07, 6.45) is 5.36. The molecule has 0 bridgehead atoms. The molecule has 1 fully saturated rings. The molecular weight excluding hydrogens is 254 g/mol. The van der Waals surface area contributed by atoms with Crippen LogP contribution in [0.15, 0.2) is 36.7 Å². The van der Waals surface area contributed by atoms with Gasteiger partial charge in [0.05, 0.1) is 12.0 Å². The highest BCUT2D eigenvalue weighted by Gasteiger charge is 2.31. The zero-order valence-electron chi connectivity index (χ0n) is 11.0. The molecule has 1 aromatic heterocycles. The van der Waals surface area contributed by atoms with Crippen molar-refractivity contribution in [1.29, 1.82) is 0 Å². The Bertz CT molecular complexity index is 578. The molecule has 0 spiro atoms. The predicted molar refractivity (Wildman–Crippen MR) is 76.0 cm³/mol. The van der Waals surface area contributed by atoms with Gasteiger partial charge in [-0.05, 0) is 43.5 Å². The topological polar surface area (TPSA) is 78.0 Å². The number of nitrogens with zero attached hydrogens (tertiary/aromatic N) is 1. The number of hydrogen-bond acceptors (Lipinski definition) is 3. The molecule has 2 unspecified atom stereocenters. The number of aromatic nitrogens is 2. The molecule has 0 aliphatic heterocycles. The quantitative estimate of drug-likeness (QED) is 0.800. The molecule has 20 heavy (non-hydrogen) atoms. The summed E-state index contributed by atoms with van der Waals surface area (Å²) in [5, 5.41) is 12.6. The standard InChI is InChI=1S/C15H17N3O2/c19-13-3-1-2-12(13)15(20)18-11-6-4-10(5-7-11)14-16-8-9-17-14/h4-9,12-13,19H,1-3H2,(H,16,17)(H,18,20). The third-order valence-corrected chi connectivity index (χ3v) is 3.74. The fourth-order valence-electron chi connectivity index (χ4n) is 2.62. The molecule has 3 N–H and O–H groups in total. The van der Waals surface area contributed by atoms with Crippen LogP contribution in [0.1, 0.15) is 19.3 Å². The molecule has 1 aliphatic rings. The minimum absolute atomic E-state index is 0.0965. The van der Waals surface area contributed by atoms with Crippen molar-refractivity contribution < 1.29 is 9.90 Å². The molecular formula is C15H17N3O2. The number of aliphatic hydroxyl groups excluding tert-OH is 1. The Labute approximate surface area is 117 Å². The van der Waals surface area contributed by atoms with E-state index in [4.69, 9.17) is 0 Å². The van der Waals surface area contributed by atoms with Gasteiger partial charge in [0.2, 0.25) is 5.91 Å². The molecule has 1 saturated carbocycles. The summed E-state index contributed by atoms with van der Waals surface area (Å²) in [5.41, 5.74) is 1.71. The van der Waals surface area contributed by atoms with Crippen LogP contribution in [0, 0.1) is 5.92 Å². The number of rotatable bonds is 3. The highest BCUT2D eigenvalue weighted by Crippen LogP contribution is 2.27. The fraction of sp³-hybridized carbons (Fsp3) is 0.333. The summed E-state index contributed by atoms with van der Waals surface area (Å²) in [6, 6.07) is 7.49. The number of aliphatic hydroxyl groups is 1. The van der Waals surface area contributed by atoms with Gasteiger partial charge in [0.1, 0.15) is 5.82 Å². The van der Waals surface area contributed by atoms with Gasteiger partial charge in [0, 0.05) is 23.6 Å². The molecule has 0 saturated heterocycles. The lowest BCUT2D eigenvalue weighted by molar-refractivity contribution is -0.122. The highest BCUT2D eigenvalue weighted by atomic mass is 16.3. The fourth-order valence-corrected chi connectivity index (χ4v) is 2.62. The number of carbonyl (C=O) groups excluding carboxylic acids is 1. The predicted octanol–water partition coefficient (Wildman–Crippen LogP) is 2.18. The Balaban J connectivity index is 1.68. The van der Waals surface area contributed by atoms with E-state index in [-0.39, 0.29) is 11.8 Å². The van der Waals surface area contributed by atoms with Gasteiger partial charge in [-0.25, -0.2) is 4.98 Å². The number of anilines is 1. The van der Waals surface area contributed by atoms with Crippen LogP contribution in [0.2, 0.25) is 0 Å². The Morgan fingerprint density at radius 3 is 2.70 bits per heavy atom. The Morgan fingerprint density at radius 2 is 2.10 bits per heavy atom. The number of aromatic amines is 1. The third-order valence-electron chi connectivity index (χ3n) is 3.74. The number of benzene rings is 1. The monoisotopic (exact) mass is 271 g/mol. The maximum Gasteiger partial charge on any atom is 0.230 e. The summed E-state index contributed by atoms with van der Waals surface area (Å²) in [7, 11) is 0. The molecule has 1 aliphatic carbocycles.